The van der Waals surface area contributed by atoms with Crippen LogP contribution in [-0.2, 0) is 9.53 Å². The summed E-state index contributed by atoms with van der Waals surface area (Å²) in [6.07, 6.45) is 4.31. The van der Waals surface area contributed by atoms with Gasteiger partial charge in [-0.3, -0.25) is 0 Å². The SMILES string of the molecule is Cc1ccccc1/C=C\COC(=O)C=[N+]=[N-]. The highest BCUT2D eigenvalue weighted by Crippen LogP contribution is 2.08. The van der Waals surface area contributed by atoms with Gasteiger partial charge in [0.2, 0.25) is 0 Å². The Morgan fingerprint density at radius 1 is 1.50 bits per heavy atom. The number of ether oxygens (including phenoxy) is 1. The van der Waals surface area contributed by atoms with Crippen molar-refractivity contribution in [3.8, 4) is 0 Å². The van der Waals surface area contributed by atoms with Crippen molar-refractivity contribution in [3.63, 3.8) is 0 Å². The van der Waals surface area contributed by atoms with E-state index < -0.39 is 5.97 Å². The first-order chi connectivity index (χ1) is 7.74. The first-order valence-corrected chi connectivity index (χ1v) is 4.80. The second-order valence-corrected chi connectivity index (χ2v) is 3.13. The third-order valence-corrected chi connectivity index (χ3v) is 1.97. The van der Waals surface area contributed by atoms with Crippen LogP contribution in [0.3, 0.4) is 0 Å². The molecule has 0 unspecified atom stereocenters. The summed E-state index contributed by atoms with van der Waals surface area (Å²) in [6.45, 7) is 2.16. The zero-order chi connectivity index (χ0) is 11.8. The van der Waals surface area contributed by atoms with Crippen LogP contribution in [0.1, 0.15) is 11.1 Å². The Morgan fingerprint density at radius 2 is 2.25 bits per heavy atom. The molecule has 0 N–H and O–H groups in total. The van der Waals surface area contributed by atoms with Gasteiger partial charge >= 0.3 is 12.2 Å². The average molecular weight is 216 g/mol. The predicted molar refractivity (Wildman–Crippen MR) is 60.9 cm³/mol. The van der Waals surface area contributed by atoms with E-state index in [1.807, 2.05) is 37.3 Å². The number of nitrogens with zero attached hydrogens (tertiary/aromatic N) is 2. The number of benzene rings is 1. The summed E-state index contributed by atoms with van der Waals surface area (Å²) in [5.41, 5.74) is 10.3. The van der Waals surface area contributed by atoms with Gasteiger partial charge in [-0.05, 0) is 24.1 Å². The molecule has 0 amide bonds. The van der Waals surface area contributed by atoms with Gasteiger partial charge in [0.15, 0.2) is 0 Å². The minimum Gasteiger partial charge on any atom is -0.453 e. The summed E-state index contributed by atoms with van der Waals surface area (Å²) < 4.78 is 4.71. The molecule has 1 aromatic carbocycles. The van der Waals surface area contributed by atoms with Crippen LogP contribution in [0.15, 0.2) is 30.3 Å². The predicted octanol–water partition coefficient (Wildman–Crippen LogP) is 1.85. The van der Waals surface area contributed by atoms with Crippen molar-refractivity contribution in [3.05, 3.63) is 47.0 Å². The van der Waals surface area contributed by atoms with Gasteiger partial charge in [0.05, 0.1) is 0 Å². The fourth-order valence-corrected chi connectivity index (χ4v) is 1.16. The Bertz CT molecular complexity index is 446. The van der Waals surface area contributed by atoms with Gasteiger partial charge in [-0.2, -0.15) is 4.79 Å². The van der Waals surface area contributed by atoms with Crippen LogP contribution in [-0.4, -0.2) is 23.6 Å². The molecule has 0 aromatic heterocycles. The van der Waals surface area contributed by atoms with E-state index in [2.05, 4.69) is 4.79 Å². The van der Waals surface area contributed by atoms with Crippen molar-refractivity contribution >= 4 is 18.3 Å². The molecule has 0 radical (unpaired) electrons. The average Bonchev–Trinajstić information content (AvgIpc) is 2.27. The molecule has 0 spiro atoms. The summed E-state index contributed by atoms with van der Waals surface area (Å²) in [6, 6.07) is 7.88. The van der Waals surface area contributed by atoms with Crippen LogP contribution in [0, 0.1) is 6.92 Å². The van der Waals surface area contributed by atoms with E-state index in [1.165, 1.54) is 0 Å². The Balaban J connectivity index is 2.47. The molecule has 0 atom stereocenters. The summed E-state index contributed by atoms with van der Waals surface area (Å²) in [7, 11) is 0. The molecule has 0 saturated carbocycles. The maximum atomic E-state index is 10.8. The van der Waals surface area contributed by atoms with Crippen LogP contribution in [0.25, 0.3) is 11.6 Å². The summed E-state index contributed by atoms with van der Waals surface area (Å²) >= 11 is 0. The summed E-state index contributed by atoms with van der Waals surface area (Å²) in [5.74, 6) is -0.670. The van der Waals surface area contributed by atoms with E-state index >= 15 is 0 Å². The number of hydrogen-bond donors (Lipinski definition) is 0. The molecule has 4 nitrogen and oxygen atoms in total. The highest BCUT2D eigenvalue weighted by Gasteiger charge is 1.99. The molecule has 1 rings (SSSR count). The van der Waals surface area contributed by atoms with Gasteiger partial charge in [-0.1, -0.05) is 30.3 Å². The standard InChI is InChI=1S/C12H12N2O2/c1-10-5-2-3-6-11(10)7-4-8-16-12(15)9-14-13/h2-7,9H,8H2,1H3/b7-4-. The molecule has 0 saturated heterocycles. The minimum atomic E-state index is -0.670. The van der Waals surface area contributed by atoms with Crippen molar-refractivity contribution in [2.24, 2.45) is 0 Å². The smallest absolute Gasteiger partial charge is 0.413 e. The van der Waals surface area contributed by atoms with Gasteiger partial charge in [-0.25, -0.2) is 4.79 Å². The quantitative estimate of drug-likeness (QED) is 0.333. The largest absolute Gasteiger partial charge is 0.453 e. The Labute approximate surface area is 93.8 Å². The molecular weight excluding hydrogens is 204 g/mol. The van der Waals surface area contributed by atoms with E-state index in [0.29, 0.717) is 6.21 Å². The molecule has 82 valence electrons. The fraction of sp³-hybridized carbons (Fsp3) is 0.167. The van der Waals surface area contributed by atoms with E-state index in [-0.39, 0.29) is 6.61 Å². The number of esters is 1. The second-order valence-electron chi connectivity index (χ2n) is 3.13. The van der Waals surface area contributed by atoms with Crippen LogP contribution in [0.5, 0.6) is 0 Å². The Kier molecular flexibility index (Phi) is 4.70. The Morgan fingerprint density at radius 3 is 2.94 bits per heavy atom. The highest BCUT2D eigenvalue weighted by atomic mass is 16.5. The fourth-order valence-electron chi connectivity index (χ4n) is 1.16. The van der Waals surface area contributed by atoms with Gasteiger partial charge in [0.25, 0.3) is 0 Å². The van der Waals surface area contributed by atoms with Crippen molar-refractivity contribution in [2.45, 2.75) is 6.92 Å². The number of hydrogen-bond acceptors (Lipinski definition) is 2. The van der Waals surface area contributed by atoms with Crippen LogP contribution >= 0.6 is 0 Å². The van der Waals surface area contributed by atoms with Crippen molar-refractivity contribution < 1.29 is 14.3 Å². The lowest BCUT2D eigenvalue weighted by Gasteiger charge is -1.98. The van der Waals surface area contributed by atoms with E-state index in [9.17, 15) is 4.79 Å². The zero-order valence-corrected chi connectivity index (χ0v) is 8.96. The highest BCUT2D eigenvalue weighted by molar-refractivity contribution is 6.20. The maximum Gasteiger partial charge on any atom is 0.413 e. The van der Waals surface area contributed by atoms with Crippen molar-refractivity contribution in [1.82, 2.24) is 0 Å². The molecule has 0 heterocycles. The molecule has 0 aliphatic carbocycles. The van der Waals surface area contributed by atoms with Crippen LogP contribution in [0.4, 0.5) is 0 Å². The molecule has 0 fully saturated rings. The van der Waals surface area contributed by atoms with Crippen molar-refractivity contribution in [2.75, 3.05) is 6.61 Å². The molecule has 16 heavy (non-hydrogen) atoms. The third kappa shape index (κ3) is 3.90. The topological polar surface area (TPSA) is 62.7 Å². The van der Waals surface area contributed by atoms with Crippen LogP contribution in [0.2, 0.25) is 0 Å². The van der Waals surface area contributed by atoms with Crippen LogP contribution < -0.4 is 0 Å². The summed E-state index contributed by atoms with van der Waals surface area (Å²) in [4.78, 5) is 13.3. The lowest BCUT2D eigenvalue weighted by molar-refractivity contribution is -0.137. The van der Waals surface area contributed by atoms with Gasteiger partial charge in [0.1, 0.15) is 6.61 Å². The lowest BCUT2D eigenvalue weighted by atomic mass is 10.1. The minimum absolute atomic E-state index is 0.152. The van der Waals surface area contributed by atoms with Gasteiger partial charge in [0, 0.05) is 0 Å². The molecule has 1 aromatic rings. The molecular formula is C12H12N2O2. The van der Waals surface area contributed by atoms with Gasteiger partial charge < -0.3 is 10.3 Å². The second kappa shape index (κ2) is 6.32. The molecule has 0 bridgehead atoms. The normalized spacial score (nSPS) is 9.81. The molecule has 0 aliphatic rings. The maximum absolute atomic E-state index is 10.8. The first-order valence-electron chi connectivity index (χ1n) is 4.80. The third-order valence-electron chi connectivity index (χ3n) is 1.97. The van der Waals surface area contributed by atoms with E-state index in [1.54, 1.807) is 6.08 Å². The molecule has 0 aliphatic heterocycles. The molecule has 4 heteroatoms. The number of carbonyl (C=O) groups excluding carboxylic acids is 1. The first kappa shape index (κ1) is 11.9. The monoisotopic (exact) mass is 216 g/mol. The van der Waals surface area contributed by atoms with Gasteiger partial charge in [-0.15, -0.1) is 0 Å². The number of carbonyl (C=O) groups is 1. The van der Waals surface area contributed by atoms with E-state index in [4.69, 9.17) is 10.3 Å². The van der Waals surface area contributed by atoms with E-state index in [0.717, 1.165) is 11.1 Å². The number of aryl methyl sites for hydroxylation is 1. The lowest BCUT2D eigenvalue weighted by Crippen LogP contribution is -2.05. The van der Waals surface area contributed by atoms with Crippen molar-refractivity contribution in [1.29, 1.82) is 0 Å². The number of rotatable bonds is 4. The zero-order valence-electron chi connectivity index (χ0n) is 8.96. The summed E-state index contributed by atoms with van der Waals surface area (Å²) in [5, 5.41) is 0. The Hall–Kier alpha value is -2.19.